The van der Waals surface area contributed by atoms with Crippen LogP contribution in [0.15, 0.2) is 0 Å². The number of hydrogen-bond donors (Lipinski definition) is 0. The van der Waals surface area contributed by atoms with Crippen LogP contribution in [0.25, 0.3) is 0 Å². The van der Waals surface area contributed by atoms with E-state index >= 15 is 0 Å². The highest BCUT2D eigenvalue weighted by atomic mass is 35.5. The lowest BCUT2D eigenvalue weighted by molar-refractivity contribution is -0.150. The maximum absolute atomic E-state index is 11.9. The number of alkyl halides is 1. The van der Waals surface area contributed by atoms with Gasteiger partial charge in [-0.3, -0.25) is 19.2 Å². The Labute approximate surface area is 123 Å². The summed E-state index contributed by atoms with van der Waals surface area (Å²) in [5.41, 5.74) is 0. The lowest BCUT2D eigenvalue weighted by Crippen LogP contribution is -2.40. The van der Waals surface area contributed by atoms with Crippen molar-refractivity contribution in [2.45, 2.75) is 39.0 Å². The maximum atomic E-state index is 11.9. The smallest absolute Gasteiger partial charge is 0.307 e. The molecule has 1 rings (SSSR count). The van der Waals surface area contributed by atoms with Gasteiger partial charge in [-0.15, -0.1) is 11.6 Å². The molecule has 112 valence electrons. The number of ketones is 3. The van der Waals surface area contributed by atoms with Crippen LogP contribution in [-0.2, 0) is 23.9 Å². The van der Waals surface area contributed by atoms with Crippen molar-refractivity contribution in [3.63, 3.8) is 0 Å². The molecule has 0 aromatic carbocycles. The molecule has 1 aliphatic rings. The minimum atomic E-state index is -1.09. The molecule has 0 atom stereocenters. The fourth-order valence-corrected chi connectivity index (χ4v) is 2.44. The molecule has 0 unspecified atom stereocenters. The monoisotopic (exact) mass is 302 g/mol. The SMILES string of the molecule is CCCC(=O)C1C(=O)CC(COC(=O)CCCl)CC1=O. The van der Waals surface area contributed by atoms with Crippen molar-refractivity contribution < 1.29 is 23.9 Å². The second-order valence-corrected chi connectivity index (χ2v) is 5.36. The van der Waals surface area contributed by atoms with Crippen molar-refractivity contribution in [3.8, 4) is 0 Å². The standard InChI is InChI=1S/C14H19ClO5/c1-2-3-10(16)14-11(17)6-9(7-12(14)18)8-20-13(19)4-5-15/h9,14H,2-8H2,1H3. The fourth-order valence-electron chi connectivity index (χ4n) is 2.28. The van der Waals surface area contributed by atoms with E-state index in [0.29, 0.717) is 6.42 Å². The van der Waals surface area contributed by atoms with Crippen LogP contribution in [0.4, 0.5) is 0 Å². The molecule has 1 saturated carbocycles. The third-order valence-corrected chi connectivity index (χ3v) is 3.41. The van der Waals surface area contributed by atoms with E-state index in [0.717, 1.165) is 0 Å². The first-order valence-corrected chi connectivity index (χ1v) is 7.32. The van der Waals surface area contributed by atoms with Crippen molar-refractivity contribution in [1.82, 2.24) is 0 Å². The van der Waals surface area contributed by atoms with Crippen molar-refractivity contribution in [1.29, 1.82) is 0 Å². The van der Waals surface area contributed by atoms with Crippen LogP contribution in [0.1, 0.15) is 39.0 Å². The summed E-state index contributed by atoms with van der Waals surface area (Å²) in [5, 5.41) is 0. The number of ether oxygens (including phenoxy) is 1. The number of Topliss-reactive ketones (excluding diaryl/α,β-unsaturated/α-hetero) is 3. The molecule has 20 heavy (non-hydrogen) atoms. The summed E-state index contributed by atoms with van der Waals surface area (Å²) in [7, 11) is 0. The molecule has 0 N–H and O–H groups in total. The van der Waals surface area contributed by atoms with Crippen molar-refractivity contribution in [3.05, 3.63) is 0 Å². The molecule has 0 radical (unpaired) electrons. The maximum Gasteiger partial charge on any atom is 0.307 e. The molecule has 0 aromatic rings. The zero-order valence-corrected chi connectivity index (χ0v) is 12.3. The molecular weight excluding hydrogens is 284 g/mol. The zero-order valence-electron chi connectivity index (χ0n) is 11.5. The van der Waals surface area contributed by atoms with Gasteiger partial charge in [-0.2, -0.15) is 0 Å². The second kappa shape index (κ2) is 8.15. The van der Waals surface area contributed by atoms with E-state index in [1.807, 2.05) is 6.92 Å². The van der Waals surface area contributed by atoms with Crippen LogP contribution in [0.3, 0.4) is 0 Å². The van der Waals surface area contributed by atoms with Crippen molar-refractivity contribution in [2.24, 2.45) is 11.8 Å². The van der Waals surface area contributed by atoms with Gasteiger partial charge in [0.15, 0.2) is 17.3 Å². The Morgan fingerprint density at radius 3 is 2.30 bits per heavy atom. The van der Waals surface area contributed by atoms with Crippen LogP contribution < -0.4 is 0 Å². The number of hydrogen-bond acceptors (Lipinski definition) is 5. The second-order valence-electron chi connectivity index (χ2n) is 4.98. The van der Waals surface area contributed by atoms with E-state index in [-0.39, 0.29) is 61.4 Å². The van der Waals surface area contributed by atoms with Gasteiger partial charge in [-0.1, -0.05) is 6.92 Å². The molecular formula is C14H19ClO5. The molecule has 1 aliphatic carbocycles. The molecule has 0 saturated heterocycles. The summed E-state index contributed by atoms with van der Waals surface area (Å²) in [5.74, 6) is -2.67. The van der Waals surface area contributed by atoms with Gasteiger partial charge in [0.25, 0.3) is 0 Å². The minimum Gasteiger partial charge on any atom is -0.465 e. The number of halogens is 1. The Balaban J connectivity index is 2.51. The normalized spacial score (nSPS) is 22.7. The van der Waals surface area contributed by atoms with Crippen LogP contribution in [-0.4, -0.2) is 35.8 Å². The van der Waals surface area contributed by atoms with Gasteiger partial charge in [-0.25, -0.2) is 0 Å². The molecule has 5 nitrogen and oxygen atoms in total. The van der Waals surface area contributed by atoms with E-state index in [1.54, 1.807) is 0 Å². The summed E-state index contributed by atoms with van der Waals surface area (Å²) in [6.45, 7) is 1.86. The summed E-state index contributed by atoms with van der Waals surface area (Å²) < 4.78 is 4.95. The number of carbonyl (C=O) groups is 4. The van der Waals surface area contributed by atoms with E-state index in [4.69, 9.17) is 16.3 Å². The van der Waals surface area contributed by atoms with E-state index < -0.39 is 11.9 Å². The lowest BCUT2D eigenvalue weighted by atomic mass is 9.77. The first kappa shape index (κ1) is 16.8. The molecule has 0 amide bonds. The van der Waals surface area contributed by atoms with E-state index in [1.165, 1.54) is 0 Å². The predicted molar refractivity (Wildman–Crippen MR) is 72.4 cm³/mol. The summed E-state index contributed by atoms with van der Waals surface area (Å²) in [6.07, 6.45) is 1.20. The predicted octanol–water partition coefficient (Wildman–Crippen LogP) is 1.69. The van der Waals surface area contributed by atoms with Gasteiger partial charge in [0.2, 0.25) is 0 Å². The van der Waals surface area contributed by atoms with E-state index in [2.05, 4.69) is 0 Å². The Hall–Kier alpha value is -1.23. The van der Waals surface area contributed by atoms with Gasteiger partial charge in [0.1, 0.15) is 5.92 Å². The summed E-state index contributed by atoms with van der Waals surface area (Å²) in [4.78, 5) is 46.7. The van der Waals surface area contributed by atoms with Crippen LogP contribution in [0, 0.1) is 11.8 Å². The quantitative estimate of drug-likeness (QED) is 0.406. The molecule has 6 heteroatoms. The van der Waals surface area contributed by atoms with Gasteiger partial charge in [-0.05, 0) is 6.42 Å². The molecule has 0 aliphatic heterocycles. The molecule has 0 spiro atoms. The van der Waals surface area contributed by atoms with Crippen molar-refractivity contribution >= 4 is 34.9 Å². The van der Waals surface area contributed by atoms with Gasteiger partial charge in [0.05, 0.1) is 13.0 Å². The zero-order chi connectivity index (χ0) is 15.1. The Kier molecular flexibility index (Phi) is 6.85. The van der Waals surface area contributed by atoms with Crippen LogP contribution >= 0.6 is 11.6 Å². The highest BCUT2D eigenvalue weighted by Gasteiger charge is 2.39. The first-order chi connectivity index (χ1) is 9.49. The highest BCUT2D eigenvalue weighted by Crippen LogP contribution is 2.25. The third kappa shape index (κ3) is 4.71. The van der Waals surface area contributed by atoms with Crippen LogP contribution in [0.5, 0.6) is 0 Å². The van der Waals surface area contributed by atoms with Gasteiger partial charge >= 0.3 is 5.97 Å². The largest absolute Gasteiger partial charge is 0.465 e. The highest BCUT2D eigenvalue weighted by molar-refractivity contribution is 6.20. The lowest BCUT2D eigenvalue weighted by Gasteiger charge is -2.25. The minimum absolute atomic E-state index is 0.0297. The number of carbonyl (C=O) groups excluding carboxylic acids is 4. The number of esters is 1. The average molecular weight is 303 g/mol. The summed E-state index contributed by atoms with van der Waals surface area (Å²) >= 11 is 5.40. The Morgan fingerprint density at radius 2 is 1.80 bits per heavy atom. The molecule has 1 fully saturated rings. The number of rotatable bonds is 7. The molecule has 0 heterocycles. The average Bonchev–Trinajstić information content (AvgIpc) is 2.36. The summed E-state index contributed by atoms with van der Waals surface area (Å²) in [6, 6.07) is 0. The third-order valence-electron chi connectivity index (χ3n) is 3.22. The molecule has 0 aromatic heterocycles. The van der Waals surface area contributed by atoms with E-state index in [9.17, 15) is 19.2 Å². The van der Waals surface area contributed by atoms with Crippen LogP contribution in [0.2, 0.25) is 0 Å². The first-order valence-electron chi connectivity index (χ1n) is 6.79. The Morgan fingerprint density at radius 1 is 1.20 bits per heavy atom. The van der Waals surface area contributed by atoms with Crippen molar-refractivity contribution in [2.75, 3.05) is 12.5 Å². The topological polar surface area (TPSA) is 77.5 Å². The van der Waals surface area contributed by atoms with Gasteiger partial charge < -0.3 is 4.74 Å². The Bertz CT molecular complexity index is 386. The molecule has 0 bridgehead atoms. The van der Waals surface area contributed by atoms with Gasteiger partial charge in [0, 0.05) is 31.1 Å². The fraction of sp³-hybridized carbons (Fsp3) is 0.714.